The van der Waals surface area contributed by atoms with Crippen molar-refractivity contribution in [2.75, 3.05) is 13.1 Å². The lowest BCUT2D eigenvalue weighted by Crippen LogP contribution is -2.41. The van der Waals surface area contributed by atoms with Gasteiger partial charge in [0.1, 0.15) is 0 Å². The van der Waals surface area contributed by atoms with Crippen molar-refractivity contribution in [3.05, 3.63) is 48.0 Å². The van der Waals surface area contributed by atoms with E-state index in [9.17, 15) is 8.78 Å². The highest BCUT2D eigenvalue weighted by Gasteiger charge is 2.34. The molecule has 1 atom stereocenters. The molecule has 3 N–H and O–H groups in total. The van der Waals surface area contributed by atoms with Gasteiger partial charge in [0.2, 0.25) is 0 Å². The fraction of sp³-hybridized carbons (Fsp3) is 0.636. The van der Waals surface area contributed by atoms with E-state index in [1.807, 2.05) is 19.9 Å². The van der Waals surface area contributed by atoms with Crippen LogP contribution in [0.1, 0.15) is 54.4 Å². The van der Waals surface area contributed by atoms with Crippen molar-refractivity contribution in [1.82, 2.24) is 10.2 Å². The summed E-state index contributed by atoms with van der Waals surface area (Å²) in [6.45, 7) is 17.4. The Kier molecular flexibility index (Phi) is 8.27. The molecule has 1 unspecified atom stereocenters. The molecule has 0 radical (unpaired) electrons. The molecule has 1 aliphatic heterocycles. The van der Waals surface area contributed by atoms with Crippen LogP contribution in [0.3, 0.4) is 0 Å². The van der Waals surface area contributed by atoms with Crippen molar-refractivity contribution in [1.29, 1.82) is 0 Å². The van der Waals surface area contributed by atoms with Crippen molar-refractivity contribution >= 4 is 0 Å². The maximum Gasteiger partial charge on any atom is 0.263 e. The molecule has 0 saturated carbocycles. The highest BCUT2D eigenvalue weighted by molar-refractivity contribution is 5.24. The van der Waals surface area contributed by atoms with Crippen molar-refractivity contribution < 1.29 is 8.78 Å². The third-order valence-electron chi connectivity index (χ3n) is 5.22. The first-order chi connectivity index (χ1) is 12.3. The summed E-state index contributed by atoms with van der Waals surface area (Å²) in [5.41, 5.74) is 8.59. The molecule has 1 rings (SSSR count). The number of rotatable bonds is 8. The average molecular weight is 382 g/mol. The van der Waals surface area contributed by atoms with Crippen LogP contribution in [0.2, 0.25) is 0 Å². The van der Waals surface area contributed by atoms with Gasteiger partial charge in [0.25, 0.3) is 5.92 Å². The molecule has 1 aliphatic rings. The highest BCUT2D eigenvalue weighted by atomic mass is 19.3. The molecule has 1 heterocycles. The molecule has 0 aromatic heterocycles. The lowest BCUT2D eigenvalue weighted by atomic mass is 9.82. The van der Waals surface area contributed by atoms with Crippen LogP contribution in [0.15, 0.2) is 48.0 Å². The Hall–Kier alpha value is -1.62. The summed E-state index contributed by atoms with van der Waals surface area (Å²) in [4.78, 5) is 2.38. The first kappa shape index (κ1) is 23.4. The largest absolute Gasteiger partial charge is 0.375 e. The van der Waals surface area contributed by atoms with E-state index in [0.717, 1.165) is 25.7 Å². The van der Waals surface area contributed by atoms with Gasteiger partial charge in [0.05, 0.1) is 6.04 Å². The summed E-state index contributed by atoms with van der Waals surface area (Å²) < 4.78 is 27.0. The number of hydrogen-bond acceptors (Lipinski definition) is 3. The third kappa shape index (κ3) is 7.87. The van der Waals surface area contributed by atoms with Gasteiger partial charge in [-0.3, -0.25) is 0 Å². The van der Waals surface area contributed by atoms with Crippen LogP contribution in [0.4, 0.5) is 8.78 Å². The van der Waals surface area contributed by atoms with Gasteiger partial charge in [0.15, 0.2) is 0 Å². The number of piperidine rings is 1. The Morgan fingerprint density at radius 1 is 1.26 bits per heavy atom. The second-order valence-corrected chi connectivity index (χ2v) is 8.72. The van der Waals surface area contributed by atoms with Gasteiger partial charge in [-0.05, 0) is 48.8 Å². The van der Waals surface area contributed by atoms with Crippen LogP contribution in [0.5, 0.6) is 0 Å². The van der Waals surface area contributed by atoms with E-state index >= 15 is 0 Å². The van der Waals surface area contributed by atoms with Gasteiger partial charge in [0, 0.05) is 37.6 Å². The van der Waals surface area contributed by atoms with E-state index in [4.69, 9.17) is 5.73 Å². The molecule has 1 fully saturated rings. The standard InChI is InChI=1S/C22H37F2N3/c1-16(2)19(20(25)22(7,23)24)9-8-12-26-17(3)15-18(4)27-13-10-21(5,6)11-14-27/h8-9,12,15-16,20,26H,3,10-11,13-14,25H2,1-2,4-7H3/b12-8-,18-15+,19-9+. The maximum atomic E-state index is 13.5. The van der Waals surface area contributed by atoms with Gasteiger partial charge in [-0.2, -0.15) is 0 Å². The van der Waals surface area contributed by atoms with Crippen molar-refractivity contribution in [3.63, 3.8) is 0 Å². The molecule has 0 amide bonds. The van der Waals surface area contributed by atoms with E-state index in [1.54, 1.807) is 18.4 Å². The second kappa shape index (κ2) is 9.54. The Bertz CT molecular complexity index is 585. The molecular formula is C22H37F2N3. The minimum Gasteiger partial charge on any atom is -0.375 e. The second-order valence-electron chi connectivity index (χ2n) is 8.72. The fourth-order valence-electron chi connectivity index (χ4n) is 3.11. The van der Waals surface area contributed by atoms with Crippen molar-refractivity contribution in [3.8, 4) is 0 Å². The van der Waals surface area contributed by atoms with Gasteiger partial charge in [-0.15, -0.1) is 0 Å². The number of alkyl halides is 2. The molecular weight excluding hydrogens is 344 g/mol. The number of hydrogen-bond donors (Lipinski definition) is 2. The summed E-state index contributed by atoms with van der Waals surface area (Å²) in [5.74, 6) is -2.99. The maximum absolute atomic E-state index is 13.5. The van der Waals surface area contributed by atoms with E-state index in [-0.39, 0.29) is 5.92 Å². The fourth-order valence-corrected chi connectivity index (χ4v) is 3.11. The molecule has 0 aromatic carbocycles. The molecule has 0 bridgehead atoms. The van der Waals surface area contributed by atoms with Crippen LogP contribution < -0.4 is 11.1 Å². The zero-order chi connectivity index (χ0) is 20.8. The summed E-state index contributed by atoms with van der Waals surface area (Å²) in [6, 6.07) is -1.28. The Labute approximate surface area is 164 Å². The van der Waals surface area contributed by atoms with Crippen molar-refractivity contribution in [2.45, 2.75) is 66.3 Å². The van der Waals surface area contributed by atoms with E-state index in [0.29, 0.717) is 11.0 Å². The van der Waals surface area contributed by atoms with Gasteiger partial charge in [-0.25, -0.2) is 8.78 Å². The lowest BCUT2D eigenvalue weighted by Gasteiger charge is -2.38. The molecule has 5 heteroatoms. The Balaban J connectivity index is 2.64. The Morgan fingerprint density at radius 2 is 1.81 bits per heavy atom. The predicted molar refractivity (Wildman–Crippen MR) is 111 cm³/mol. The van der Waals surface area contributed by atoms with E-state index in [1.165, 1.54) is 18.5 Å². The number of halogens is 2. The molecule has 154 valence electrons. The van der Waals surface area contributed by atoms with Crippen LogP contribution in [0.25, 0.3) is 0 Å². The lowest BCUT2D eigenvalue weighted by molar-refractivity contribution is 0.00363. The first-order valence-corrected chi connectivity index (χ1v) is 9.72. The number of nitrogens with one attached hydrogen (secondary N) is 1. The van der Waals surface area contributed by atoms with Crippen LogP contribution in [-0.4, -0.2) is 30.0 Å². The SMILES string of the molecule is C=C(/C=C(\C)N1CCC(C)(C)CC1)N/C=C\C=C(/C(C)C)C(N)C(C)(F)F. The van der Waals surface area contributed by atoms with Gasteiger partial charge in [-0.1, -0.05) is 40.3 Å². The summed E-state index contributed by atoms with van der Waals surface area (Å²) >= 11 is 0. The predicted octanol–water partition coefficient (Wildman–Crippen LogP) is 5.19. The normalized spacial score (nSPS) is 20.3. The van der Waals surface area contributed by atoms with Gasteiger partial charge < -0.3 is 16.0 Å². The molecule has 27 heavy (non-hydrogen) atoms. The number of nitrogens with zero attached hydrogens (tertiary/aromatic N) is 1. The quantitative estimate of drug-likeness (QED) is 0.568. The summed E-state index contributed by atoms with van der Waals surface area (Å²) in [5, 5.41) is 3.09. The van der Waals surface area contributed by atoms with Crippen molar-refractivity contribution in [2.24, 2.45) is 17.1 Å². The molecule has 1 saturated heterocycles. The minimum absolute atomic E-state index is 0.0517. The average Bonchev–Trinajstić information content (AvgIpc) is 2.52. The van der Waals surface area contributed by atoms with Crippen LogP contribution in [-0.2, 0) is 0 Å². The molecule has 0 aromatic rings. The Morgan fingerprint density at radius 3 is 2.30 bits per heavy atom. The zero-order valence-electron chi connectivity index (χ0n) is 17.8. The zero-order valence-corrected chi connectivity index (χ0v) is 17.8. The monoisotopic (exact) mass is 381 g/mol. The summed E-state index contributed by atoms with van der Waals surface area (Å²) in [7, 11) is 0. The number of allylic oxidation sites excluding steroid dienone is 4. The molecule has 0 spiro atoms. The molecule has 0 aliphatic carbocycles. The first-order valence-electron chi connectivity index (χ1n) is 9.72. The number of nitrogens with two attached hydrogens (primary N) is 1. The smallest absolute Gasteiger partial charge is 0.263 e. The number of likely N-dealkylation sites (tertiary alicyclic amines) is 1. The molecule has 3 nitrogen and oxygen atoms in total. The van der Waals surface area contributed by atoms with E-state index < -0.39 is 12.0 Å². The van der Waals surface area contributed by atoms with E-state index in [2.05, 4.69) is 37.6 Å². The summed E-state index contributed by atoms with van der Waals surface area (Å²) in [6.07, 6.45) is 9.46. The van der Waals surface area contributed by atoms with Gasteiger partial charge >= 0.3 is 0 Å². The highest BCUT2D eigenvalue weighted by Crippen LogP contribution is 2.31. The van der Waals surface area contributed by atoms with Crippen LogP contribution >= 0.6 is 0 Å². The topological polar surface area (TPSA) is 41.3 Å². The minimum atomic E-state index is -2.94. The van der Waals surface area contributed by atoms with Crippen LogP contribution in [0, 0.1) is 11.3 Å². The third-order valence-corrected chi connectivity index (χ3v) is 5.22.